The number of alkyl halides is 1. The average molecular weight is 323 g/mol. The number of ether oxygens (including phenoxy) is 1. The Bertz CT molecular complexity index is 479. The van der Waals surface area contributed by atoms with Crippen molar-refractivity contribution in [2.75, 3.05) is 13.4 Å². The molecule has 0 bridgehead atoms. The lowest BCUT2D eigenvalue weighted by Gasteiger charge is -2.26. The normalized spacial score (nSPS) is 17.2. The first-order valence-corrected chi connectivity index (χ1v) is 7.59. The predicted molar refractivity (Wildman–Crippen MR) is 70.1 cm³/mol. The zero-order chi connectivity index (χ0) is 13.3. The van der Waals surface area contributed by atoms with Gasteiger partial charge in [0, 0.05) is 6.26 Å². The Morgan fingerprint density at radius 1 is 1.35 bits per heavy atom. The van der Waals surface area contributed by atoms with E-state index in [4.69, 9.17) is 4.74 Å². The van der Waals surface area contributed by atoms with Gasteiger partial charge >= 0.3 is 0 Å². The van der Waals surface area contributed by atoms with Crippen LogP contribution in [0.1, 0.15) is 18.6 Å². The SMILES string of the molecule is COc1ccc([C@@H](O)[C@](C)(Br)S(C)(=O)=O)cc1. The summed E-state index contributed by atoms with van der Waals surface area (Å²) in [6, 6.07) is 6.61. The van der Waals surface area contributed by atoms with E-state index in [1.165, 1.54) is 14.0 Å². The summed E-state index contributed by atoms with van der Waals surface area (Å²) in [5, 5.41) is 10.1. The first kappa shape index (κ1) is 14.5. The van der Waals surface area contributed by atoms with Gasteiger partial charge in [0.05, 0.1) is 7.11 Å². The van der Waals surface area contributed by atoms with Crippen molar-refractivity contribution in [2.45, 2.75) is 16.7 Å². The minimum absolute atomic E-state index is 0.510. The van der Waals surface area contributed by atoms with Gasteiger partial charge in [0.2, 0.25) is 0 Å². The molecule has 1 rings (SSSR count). The molecule has 1 N–H and O–H groups in total. The number of aliphatic hydroxyl groups excluding tert-OH is 1. The Hall–Kier alpha value is -0.590. The highest BCUT2D eigenvalue weighted by Crippen LogP contribution is 2.38. The second-order valence-electron chi connectivity index (χ2n) is 3.93. The average Bonchev–Trinajstić information content (AvgIpc) is 2.26. The third-order valence-corrected chi connectivity index (χ3v) is 6.52. The third-order valence-electron chi connectivity index (χ3n) is 2.64. The molecule has 0 aliphatic heterocycles. The van der Waals surface area contributed by atoms with E-state index in [0.717, 1.165) is 6.26 Å². The molecule has 0 saturated carbocycles. The van der Waals surface area contributed by atoms with Gasteiger partial charge in [-0.15, -0.1) is 0 Å². The molecule has 0 aliphatic rings. The number of aliphatic hydroxyl groups is 1. The lowest BCUT2D eigenvalue weighted by atomic mass is 10.1. The quantitative estimate of drug-likeness (QED) is 0.860. The molecule has 0 unspecified atom stereocenters. The fraction of sp³-hybridized carbons (Fsp3) is 0.455. The van der Waals surface area contributed by atoms with Gasteiger partial charge in [-0.25, -0.2) is 8.42 Å². The first-order chi connectivity index (χ1) is 7.70. The number of methoxy groups -OCH3 is 1. The smallest absolute Gasteiger partial charge is 0.165 e. The molecule has 0 amide bonds. The van der Waals surface area contributed by atoms with E-state index in [9.17, 15) is 13.5 Å². The van der Waals surface area contributed by atoms with Crippen LogP contribution >= 0.6 is 15.9 Å². The lowest BCUT2D eigenvalue weighted by Crippen LogP contribution is -2.34. The van der Waals surface area contributed by atoms with E-state index in [1.54, 1.807) is 24.3 Å². The topological polar surface area (TPSA) is 63.6 Å². The maximum atomic E-state index is 11.6. The van der Waals surface area contributed by atoms with Gasteiger partial charge in [0.25, 0.3) is 0 Å². The fourth-order valence-electron chi connectivity index (χ4n) is 1.29. The van der Waals surface area contributed by atoms with Crippen LogP contribution in [-0.4, -0.2) is 30.5 Å². The van der Waals surface area contributed by atoms with Crippen molar-refractivity contribution in [3.63, 3.8) is 0 Å². The Kier molecular flexibility index (Phi) is 4.22. The maximum absolute atomic E-state index is 11.6. The minimum atomic E-state index is -3.43. The van der Waals surface area contributed by atoms with E-state index in [2.05, 4.69) is 15.9 Å². The van der Waals surface area contributed by atoms with Crippen molar-refractivity contribution in [3.05, 3.63) is 29.8 Å². The molecule has 17 heavy (non-hydrogen) atoms. The molecule has 2 atom stereocenters. The van der Waals surface area contributed by atoms with E-state index in [-0.39, 0.29) is 0 Å². The van der Waals surface area contributed by atoms with Crippen LogP contribution in [0, 0.1) is 0 Å². The van der Waals surface area contributed by atoms with Gasteiger partial charge in [-0.1, -0.05) is 28.1 Å². The van der Waals surface area contributed by atoms with Crippen LogP contribution in [0.5, 0.6) is 5.75 Å². The van der Waals surface area contributed by atoms with Crippen molar-refractivity contribution in [1.82, 2.24) is 0 Å². The molecule has 6 heteroatoms. The van der Waals surface area contributed by atoms with Crippen LogP contribution in [0.4, 0.5) is 0 Å². The van der Waals surface area contributed by atoms with E-state index in [1.807, 2.05) is 0 Å². The van der Waals surface area contributed by atoms with E-state index in [0.29, 0.717) is 11.3 Å². The van der Waals surface area contributed by atoms with Gasteiger partial charge in [0.15, 0.2) is 13.5 Å². The summed E-state index contributed by atoms with van der Waals surface area (Å²) in [5.74, 6) is 0.650. The highest BCUT2D eigenvalue weighted by molar-refractivity contribution is 9.11. The number of hydrogen-bond acceptors (Lipinski definition) is 4. The van der Waals surface area contributed by atoms with Crippen molar-refractivity contribution >= 4 is 25.8 Å². The standard InChI is InChI=1S/C11H15BrO4S/c1-11(12,17(3,14)15)10(13)8-4-6-9(16-2)7-5-8/h4-7,10,13H,1-3H3/t10-,11-/m1/s1. The van der Waals surface area contributed by atoms with Gasteiger partial charge in [-0.3, -0.25) is 0 Å². The summed E-state index contributed by atoms with van der Waals surface area (Å²) in [7, 11) is -1.89. The maximum Gasteiger partial charge on any atom is 0.165 e. The van der Waals surface area contributed by atoms with Crippen molar-refractivity contribution in [3.8, 4) is 5.75 Å². The summed E-state index contributed by atoms with van der Waals surface area (Å²) in [5.41, 5.74) is 0.510. The monoisotopic (exact) mass is 322 g/mol. The Morgan fingerprint density at radius 3 is 2.18 bits per heavy atom. The third kappa shape index (κ3) is 3.00. The predicted octanol–water partition coefficient (Wildman–Crippen LogP) is 1.88. The lowest BCUT2D eigenvalue weighted by molar-refractivity contribution is 0.168. The Labute approximate surface area is 110 Å². The van der Waals surface area contributed by atoms with Crippen molar-refractivity contribution in [1.29, 1.82) is 0 Å². The molecule has 0 heterocycles. The minimum Gasteiger partial charge on any atom is -0.497 e. The highest BCUT2D eigenvalue weighted by atomic mass is 79.9. The molecular weight excluding hydrogens is 308 g/mol. The van der Waals surface area contributed by atoms with Crippen molar-refractivity contribution in [2.24, 2.45) is 0 Å². The molecule has 0 radical (unpaired) electrons. The molecule has 0 aliphatic carbocycles. The second-order valence-corrected chi connectivity index (χ2v) is 8.50. The highest BCUT2D eigenvalue weighted by Gasteiger charge is 2.41. The van der Waals surface area contributed by atoms with Crippen LogP contribution < -0.4 is 4.74 Å². The van der Waals surface area contributed by atoms with Crippen LogP contribution in [0.3, 0.4) is 0 Å². The zero-order valence-electron chi connectivity index (χ0n) is 9.84. The van der Waals surface area contributed by atoms with Crippen LogP contribution in [0.2, 0.25) is 0 Å². The number of benzene rings is 1. The number of halogens is 1. The van der Waals surface area contributed by atoms with E-state index < -0.39 is 19.6 Å². The molecule has 4 nitrogen and oxygen atoms in total. The van der Waals surface area contributed by atoms with Crippen molar-refractivity contribution < 1.29 is 18.3 Å². The number of hydrogen-bond donors (Lipinski definition) is 1. The van der Waals surface area contributed by atoms with E-state index >= 15 is 0 Å². The summed E-state index contributed by atoms with van der Waals surface area (Å²) >= 11 is 3.07. The molecule has 0 saturated heterocycles. The molecule has 0 aromatic heterocycles. The summed E-state index contributed by atoms with van der Waals surface area (Å²) < 4.78 is 26.7. The van der Waals surface area contributed by atoms with Gasteiger partial charge < -0.3 is 9.84 Å². The summed E-state index contributed by atoms with van der Waals surface area (Å²) in [6.45, 7) is 1.43. The molecule has 0 fully saturated rings. The van der Waals surface area contributed by atoms with Crippen LogP contribution in [0.15, 0.2) is 24.3 Å². The van der Waals surface area contributed by atoms with Crippen LogP contribution in [0.25, 0.3) is 0 Å². The molecule has 1 aromatic carbocycles. The Balaban J connectivity index is 3.08. The van der Waals surface area contributed by atoms with Gasteiger partial charge in [-0.05, 0) is 24.6 Å². The second kappa shape index (κ2) is 4.96. The van der Waals surface area contributed by atoms with Gasteiger partial charge in [0.1, 0.15) is 11.9 Å². The zero-order valence-corrected chi connectivity index (χ0v) is 12.2. The molecular formula is C11H15BrO4S. The fourth-order valence-corrected chi connectivity index (χ4v) is 2.09. The summed E-state index contributed by atoms with van der Waals surface area (Å²) in [4.78, 5) is 0. The van der Waals surface area contributed by atoms with Gasteiger partial charge in [-0.2, -0.15) is 0 Å². The Morgan fingerprint density at radius 2 is 1.82 bits per heavy atom. The summed E-state index contributed by atoms with van der Waals surface area (Å²) in [6.07, 6.45) is -0.0718. The van der Waals surface area contributed by atoms with Crippen LogP contribution in [-0.2, 0) is 9.84 Å². The number of sulfone groups is 1. The molecule has 96 valence electrons. The largest absolute Gasteiger partial charge is 0.497 e. The molecule has 0 spiro atoms. The number of rotatable bonds is 4. The first-order valence-electron chi connectivity index (χ1n) is 4.90. The molecule has 1 aromatic rings.